The van der Waals surface area contributed by atoms with Gasteiger partial charge in [-0.15, -0.1) is 0 Å². The third kappa shape index (κ3) is 5.29. The molecule has 0 fully saturated rings. The Hall–Kier alpha value is -0.0600. The summed E-state index contributed by atoms with van der Waals surface area (Å²) in [5.74, 6) is 1.41. The van der Waals surface area contributed by atoms with E-state index in [-0.39, 0.29) is 0 Å². The molecule has 0 aliphatic carbocycles. The van der Waals surface area contributed by atoms with Crippen molar-refractivity contribution in [2.24, 2.45) is 5.92 Å². The minimum absolute atomic E-state index is 0.523. The molecule has 0 unspecified atom stereocenters. The van der Waals surface area contributed by atoms with Gasteiger partial charge in [-0.25, -0.2) is 0 Å². The van der Waals surface area contributed by atoms with E-state index in [1.54, 1.807) is 0 Å². The molecule has 0 spiro atoms. The number of rotatable bonds is 7. The molecule has 0 saturated heterocycles. The number of benzene rings is 1. The van der Waals surface area contributed by atoms with E-state index in [9.17, 15) is 0 Å². The van der Waals surface area contributed by atoms with Crippen LogP contribution in [0, 0.1) is 5.92 Å². The van der Waals surface area contributed by atoms with Gasteiger partial charge in [-0.2, -0.15) is 0 Å². The van der Waals surface area contributed by atoms with E-state index in [0.717, 1.165) is 40.8 Å². The van der Waals surface area contributed by atoms with E-state index in [1.165, 1.54) is 5.56 Å². The predicted octanol–water partition coefficient (Wildman–Crippen LogP) is 4.75. The summed E-state index contributed by atoms with van der Waals surface area (Å²) in [6, 6.07) is 4.23. The van der Waals surface area contributed by atoms with E-state index < -0.39 is 0 Å². The Morgan fingerprint density at radius 3 is 2.33 bits per heavy atom. The Labute approximate surface area is 127 Å². The van der Waals surface area contributed by atoms with Crippen LogP contribution in [0.2, 0.25) is 0 Å². The third-order valence-corrected chi connectivity index (χ3v) is 3.55. The largest absolute Gasteiger partial charge is 0.491 e. The first-order valence-electron chi connectivity index (χ1n) is 6.36. The zero-order valence-electron chi connectivity index (χ0n) is 11.2. The molecule has 18 heavy (non-hydrogen) atoms. The summed E-state index contributed by atoms with van der Waals surface area (Å²) in [7, 11) is 0. The highest BCUT2D eigenvalue weighted by molar-refractivity contribution is 9.11. The minimum atomic E-state index is 0.523. The van der Waals surface area contributed by atoms with Crippen molar-refractivity contribution in [3.05, 3.63) is 26.6 Å². The second kappa shape index (κ2) is 8.18. The first-order chi connectivity index (χ1) is 8.54. The standard InChI is InChI=1S/C14H21Br2NO/c1-4-5-17-8-11-6-12(15)14(13(16)7-11)18-9-10(2)3/h6-7,10,17H,4-5,8-9H2,1-3H3. The molecule has 2 nitrogen and oxygen atoms in total. The van der Waals surface area contributed by atoms with Crippen LogP contribution >= 0.6 is 31.9 Å². The van der Waals surface area contributed by atoms with E-state index >= 15 is 0 Å². The van der Waals surface area contributed by atoms with Crippen LogP contribution in [0.3, 0.4) is 0 Å². The van der Waals surface area contributed by atoms with Gasteiger partial charge in [0.15, 0.2) is 0 Å². The molecule has 4 heteroatoms. The molecular weight excluding hydrogens is 358 g/mol. The molecule has 0 radical (unpaired) electrons. The molecule has 0 aromatic heterocycles. The second-order valence-electron chi connectivity index (χ2n) is 4.77. The van der Waals surface area contributed by atoms with Crippen molar-refractivity contribution >= 4 is 31.9 Å². The third-order valence-electron chi connectivity index (χ3n) is 2.37. The Bertz CT molecular complexity index is 357. The quantitative estimate of drug-likeness (QED) is 0.691. The van der Waals surface area contributed by atoms with Crippen LogP contribution in [0.15, 0.2) is 21.1 Å². The van der Waals surface area contributed by atoms with Crippen LogP contribution in [-0.4, -0.2) is 13.2 Å². The van der Waals surface area contributed by atoms with Gasteiger partial charge in [0.25, 0.3) is 0 Å². The van der Waals surface area contributed by atoms with Crippen molar-refractivity contribution in [2.45, 2.75) is 33.7 Å². The van der Waals surface area contributed by atoms with Crippen molar-refractivity contribution in [1.29, 1.82) is 0 Å². The highest BCUT2D eigenvalue weighted by Gasteiger charge is 2.09. The molecule has 1 N–H and O–H groups in total. The highest BCUT2D eigenvalue weighted by atomic mass is 79.9. The normalized spacial score (nSPS) is 11.0. The Morgan fingerprint density at radius 2 is 1.83 bits per heavy atom. The lowest BCUT2D eigenvalue weighted by Gasteiger charge is -2.14. The maximum atomic E-state index is 5.80. The van der Waals surface area contributed by atoms with Crippen molar-refractivity contribution in [3.8, 4) is 5.75 Å². The summed E-state index contributed by atoms with van der Waals surface area (Å²) in [6.07, 6.45) is 1.15. The molecular formula is C14H21Br2NO. The van der Waals surface area contributed by atoms with Gasteiger partial charge in [-0.1, -0.05) is 20.8 Å². The Kier molecular flexibility index (Phi) is 7.27. The number of ether oxygens (including phenoxy) is 1. The zero-order chi connectivity index (χ0) is 13.5. The summed E-state index contributed by atoms with van der Waals surface area (Å²) >= 11 is 7.15. The average Bonchev–Trinajstić information content (AvgIpc) is 2.28. The van der Waals surface area contributed by atoms with Gasteiger partial charge in [-0.3, -0.25) is 0 Å². The molecule has 0 amide bonds. The number of nitrogens with one attached hydrogen (secondary N) is 1. The maximum Gasteiger partial charge on any atom is 0.147 e. The van der Waals surface area contributed by atoms with Gasteiger partial charge in [-0.05, 0) is 68.4 Å². The van der Waals surface area contributed by atoms with Gasteiger partial charge < -0.3 is 10.1 Å². The SMILES string of the molecule is CCCNCc1cc(Br)c(OCC(C)C)c(Br)c1. The maximum absolute atomic E-state index is 5.80. The molecule has 0 bridgehead atoms. The molecule has 0 atom stereocenters. The molecule has 0 heterocycles. The van der Waals surface area contributed by atoms with Crippen LogP contribution in [0.5, 0.6) is 5.75 Å². The van der Waals surface area contributed by atoms with E-state index in [1.807, 2.05) is 0 Å². The summed E-state index contributed by atoms with van der Waals surface area (Å²) < 4.78 is 7.81. The van der Waals surface area contributed by atoms with E-state index in [0.29, 0.717) is 5.92 Å². The number of hydrogen-bond donors (Lipinski definition) is 1. The first-order valence-corrected chi connectivity index (χ1v) is 7.94. The van der Waals surface area contributed by atoms with Crippen LogP contribution in [0.4, 0.5) is 0 Å². The minimum Gasteiger partial charge on any atom is -0.491 e. The van der Waals surface area contributed by atoms with Gasteiger partial charge in [0.2, 0.25) is 0 Å². The van der Waals surface area contributed by atoms with Gasteiger partial charge in [0.05, 0.1) is 15.6 Å². The molecule has 0 saturated carbocycles. The lowest BCUT2D eigenvalue weighted by molar-refractivity contribution is 0.268. The first kappa shape index (κ1) is 16.0. The zero-order valence-corrected chi connectivity index (χ0v) is 14.4. The van der Waals surface area contributed by atoms with E-state index in [2.05, 4.69) is 70.1 Å². The summed E-state index contributed by atoms with van der Waals surface area (Å²) in [5, 5.41) is 3.39. The van der Waals surface area contributed by atoms with Crippen molar-refractivity contribution in [1.82, 2.24) is 5.32 Å². The lowest BCUT2D eigenvalue weighted by atomic mass is 10.2. The van der Waals surface area contributed by atoms with Crippen LogP contribution in [0.25, 0.3) is 0 Å². The topological polar surface area (TPSA) is 21.3 Å². The Morgan fingerprint density at radius 1 is 1.22 bits per heavy atom. The predicted molar refractivity (Wildman–Crippen MR) is 84.2 cm³/mol. The molecule has 0 aliphatic heterocycles. The van der Waals surface area contributed by atoms with Crippen LogP contribution in [0.1, 0.15) is 32.8 Å². The van der Waals surface area contributed by atoms with Gasteiger partial charge in [0, 0.05) is 6.54 Å². The van der Waals surface area contributed by atoms with Crippen LogP contribution in [-0.2, 0) is 6.54 Å². The molecule has 1 aromatic carbocycles. The smallest absolute Gasteiger partial charge is 0.147 e. The fourth-order valence-electron chi connectivity index (χ4n) is 1.51. The van der Waals surface area contributed by atoms with E-state index in [4.69, 9.17) is 4.74 Å². The second-order valence-corrected chi connectivity index (χ2v) is 6.48. The summed E-state index contributed by atoms with van der Waals surface area (Å²) in [6.45, 7) is 9.11. The molecule has 1 aromatic rings. The van der Waals surface area contributed by atoms with Crippen molar-refractivity contribution < 1.29 is 4.74 Å². The number of hydrogen-bond acceptors (Lipinski definition) is 2. The van der Waals surface area contributed by atoms with Gasteiger partial charge in [0.1, 0.15) is 5.75 Å². The van der Waals surface area contributed by atoms with Crippen molar-refractivity contribution in [3.63, 3.8) is 0 Å². The van der Waals surface area contributed by atoms with Gasteiger partial charge >= 0.3 is 0 Å². The molecule has 0 aliphatic rings. The highest BCUT2D eigenvalue weighted by Crippen LogP contribution is 2.35. The fraction of sp³-hybridized carbons (Fsp3) is 0.571. The average molecular weight is 379 g/mol. The van der Waals surface area contributed by atoms with Crippen LogP contribution < -0.4 is 10.1 Å². The lowest BCUT2D eigenvalue weighted by Crippen LogP contribution is -2.14. The number of halogens is 2. The molecule has 1 rings (SSSR count). The van der Waals surface area contributed by atoms with Crippen molar-refractivity contribution in [2.75, 3.05) is 13.2 Å². The summed E-state index contributed by atoms with van der Waals surface area (Å²) in [4.78, 5) is 0. The molecule has 102 valence electrons. The summed E-state index contributed by atoms with van der Waals surface area (Å²) in [5.41, 5.74) is 1.25. The fourth-order valence-corrected chi connectivity index (χ4v) is 3.02. The monoisotopic (exact) mass is 377 g/mol. The Balaban J connectivity index is 2.71.